The van der Waals surface area contributed by atoms with Crippen LogP contribution < -0.4 is 20.7 Å². The Bertz CT molecular complexity index is 922. The summed E-state index contributed by atoms with van der Waals surface area (Å²) in [4.78, 5) is 28.7. The van der Waals surface area contributed by atoms with E-state index in [1.54, 1.807) is 31.5 Å². The summed E-state index contributed by atoms with van der Waals surface area (Å²) in [6, 6.07) is 10.2. The third-order valence-corrected chi connectivity index (χ3v) is 4.59. The molecule has 0 aliphatic heterocycles. The van der Waals surface area contributed by atoms with Gasteiger partial charge in [-0.25, -0.2) is 4.98 Å². The molecule has 0 fully saturated rings. The number of rotatable bonds is 8. The van der Waals surface area contributed by atoms with E-state index in [1.807, 2.05) is 24.3 Å². The minimum atomic E-state index is -0.706. The van der Waals surface area contributed by atoms with Crippen LogP contribution in [-0.4, -0.2) is 29.9 Å². The fourth-order valence-electron chi connectivity index (χ4n) is 2.31. The molecule has 3 rings (SSSR count). The van der Waals surface area contributed by atoms with E-state index in [0.717, 1.165) is 11.4 Å². The van der Waals surface area contributed by atoms with Crippen molar-refractivity contribution in [1.29, 1.82) is 0 Å². The monoisotopic (exact) mass is 400 g/mol. The molecule has 3 N–H and O–H groups in total. The molecule has 3 aromatic rings. The molecule has 146 valence electrons. The number of nitrogens with one attached hydrogen (secondary N) is 3. The largest absolute Gasteiger partial charge is 0.497 e. The number of furan rings is 1. The van der Waals surface area contributed by atoms with E-state index >= 15 is 0 Å². The van der Waals surface area contributed by atoms with E-state index in [-0.39, 0.29) is 18.1 Å². The molecule has 2 heterocycles. The lowest BCUT2D eigenvalue weighted by Gasteiger charge is -2.12. The second kappa shape index (κ2) is 9.05. The maximum Gasteiger partial charge on any atom is 0.271 e. The van der Waals surface area contributed by atoms with Gasteiger partial charge in [0.1, 0.15) is 23.2 Å². The number of ether oxygens (including phenoxy) is 1. The van der Waals surface area contributed by atoms with Crippen molar-refractivity contribution in [2.24, 2.45) is 0 Å². The van der Waals surface area contributed by atoms with Gasteiger partial charge < -0.3 is 25.1 Å². The van der Waals surface area contributed by atoms with Gasteiger partial charge in [-0.3, -0.25) is 9.59 Å². The third kappa shape index (κ3) is 5.10. The summed E-state index contributed by atoms with van der Waals surface area (Å²) in [5, 5.41) is 10.7. The van der Waals surface area contributed by atoms with E-state index in [2.05, 4.69) is 20.9 Å². The molecule has 2 amide bonds. The predicted molar refractivity (Wildman–Crippen MR) is 106 cm³/mol. The quantitative estimate of drug-likeness (QED) is 0.537. The van der Waals surface area contributed by atoms with E-state index in [0.29, 0.717) is 10.9 Å². The van der Waals surface area contributed by atoms with Crippen LogP contribution >= 0.6 is 11.3 Å². The molecule has 8 nitrogen and oxygen atoms in total. The zero-order chi connectivity index (χ0) is 19.9. The van der Waals surface area contributed by atoms with Crippen LogP contribution in [-0.2, 0) is 11.3 Å². The Hall–Kier alpha value is -3.33. The molecular weight excluding hydrogens is 380 g/mol. The molecule has 0 spiro atoms. The first-order valence-corrected chi connectivity index (χ1v) is 9.40. The number of hydrogen-bond acceptors (Lipinski definition) is 7. The molecule has 1 aromatic carbocycles. The SMILES string of the molecule is COc1ccc(Nc2nc(C(=O)NC(C)C(=O)NCc3ccco3)cs2)cc1. The summed E-state index contributed by atoms with van der Waals surface area (Å²) < 4.78 is 10.3. The van der Waals surface area contributed by atoms with Gasteiger partial charge in [0.15, 0.2) is 5.13 Å². The van der Waals surface area contributed by atoms with Crippen LogP contribution in [0, 0.1) is 0 Å². The predicted octanol–water partition coefficient (Wildman–Crippen LogP) is 2.92. The number of amides is 2. The maximum absolute atomic E-state index is 12.3. The van der Waals surface area contributed by atoms with Crippen molar-refractivity contribution in [2.75, 3.05) is 12.4 Å². The number of nitrogens with zero attached hydrogens (tertiary/aromatic N) is 1. The summed E-state index contributed by atoms with van der Waals surface area (Å²) in [6.45, 7) is 1.87. The van der Waals surface area contributed by atoms with E-state index in [9.17, 15) is 9.59 Å². The highest BCUT2D eigenvalue weighted by Gasteiger charge is 2.18. The van der Waals surface area contributed by atoms with Gasteiger partial charge in [-0.1, -0.05) is 0 Å². The molecule has 0 radical (unpaired) electrons. The number of benzene rings is 1. The molecule has 2 aromatic heterocycles. The standard InChI is InChI=1S/C19H20N4O4S/c1-12(17(24)20-10-15-4-3-9-27-15)21-18(25)16-11-28-19(23-16)22-13-5-7-14(26-2)8-6-13/h3-9,11-12H,10H2,1-2H3,(H,20,24)(H,21,25)(H,22,23). The Labute approximate surface area is 165 Å². The summed E-state index contributed by atoms with van der Waals surface area (Å²) >= 11 is 1.30. The van der Waals surface area contributed by atoms with Crippen molar-refractivity contribution in [2.45, 2.75) is 19.5 Å². The highest BCUT2D eigenvalue weighted by molar-refractivity contribution is 7.14. The Morgan fingerprint density at radius 2 is 2.04 bits per heavy atom. The number of anilines is 2. The topological polar surface area (TPSA) is 105 Å². The summed E-state index contributed by atoms with van der Waals surface area (Å²) in [5.41, 5.74) is 1.07. The van der Waals surface area contributed by atoms with Crippen molar-refractivity contribution in [1.82, 2.24) is 15.6 Å². The van der Waals surface area contributed by atoms with Gasteiger partial charge in [0.2, 0.25) is 5.91 Å². The van der Waals surface area contributed by atoms with Crippen molar-refractivity contribution >= 4 is 34.0 Å². The van der Waals surface area contributed by atoms with Crippen molar-refractivity contribution < 1.29 is 18.7 Å². The highest BCUT2D eigenvalue weighted by atomic mass is 32.1. The molecule has 0 saturated carbocycles. The minimum Gasteiger partial charge on any atom is -0.497 e. The average Bonchev–Trinajstić information content (AvgIpc) is 3.38. The highest BCUT2D eigenvalue weighted by Crippen LogP contribution is 2.22. The van der Waals surface area contributed by atoms with Crippen LogP contribution in [0.5, 0.6) is 5.75 Å². The Morgan fingerprint density at radius 3 is 2.71 bits per heavy atom. The smallest absolute Gasteiger partial charge is 0.271 e. The molecule has 28 heavy (non-hydrogen) atoms. The normalized spacial score (nSPS) is 11.5. The third-order valence-electron chi connectivity index (χ3n) is 3.84. The van der Waals surface area contributed by atoms with Crippen molar-refractivity contribution in [3.05, 3.63) is 59.5 Å². The minimum absolute atomic E-state index is 0.242. The summed E-state index contributed by atoms with van der Waals surface area (Å²) in [5.74, 6) is 0.668. The first-order valence-electron chi connectivity index (χ1n) is 8.52. The molecule has 1 atom stereocenters. The van der Waals surface area contributed by atoms with Crippen LogP contribution in [0.3, 0.4) is 0 Å². The van der Waals surface area contributed by atoms with Gasteiger partial charge in [-0.15, -0.1) is 11.3 Å². The second-order valence-corrected chi connectivity index (χ2v) is 6.74. The maximum atomic E-state index is 12.3. The van der Waals surface area contributed by atoms with E-state index in [1.165, 1.54) is 17.6 Å². The van der Waals surface area contributed by atoms with Gasteiger partial charge in [-0.05, 0) is 43.3 Å². The lowest BCUT2D eigenvalue weighted by atomic mass is 10.3. The molecule has 0 aliphatic carbocycles. The molecule has 1 unspecified atom stereocenters. The first-order chi connectivity index (χ1) is 13.5. The zero-order valence-electron chi connectivity index (χ0n) is 15.4. The fourth-order valence-corrected chi connectivity index (χ4v) is 3.02. The number of hydrogen-bond donors (Lipinski definition) is 3. The number of thiazole rings is 1. The zero-order valence-corrected chi connectivity index (χ0v) is 16.2. The van der Waals surface area contributed by atoms with E-state index < -0.39 is 11.9 Å². The van der Waals surface area contributed by atoms with Gasteiger partial charge in [0, 0.05) is 11.1 Å². The molecule has 0 bridgehead atoms. The first kappa shape index (κ1) is 19.4. The van der Waals surface area contributed by atoms with Gasteiger partial charge in [-0.2, -0.15) is 0 Å². The number of methoxy groups -OCH3 is 1. The van der Waals surface area contributed by atoms with Gasteiger partial charge in [0.05, 0.1) is 19.9 Å². The van der Waals surface area contributed by atoms with Crippen LogP contribution in [0.15, 0.2) is 52.5 Å². The molecule has 0 aliphatic rings. The lowest BCUT2D eigenvalue weighted by molar-refractivity contribution is -0.122. The Balaban J connectivity index is 1.51. The Morgan fingerprint density at radius 1 is 1.25 bits per heavy atom. The van der Waals surface area contributed by atoms with Crippen LogP contribution in [0.1, 0.15) is 23.2 Å². The van der Waals surface area contributed by atoms with Gasteiger partial charge in [0.25, 0.3) is 5.91 Å². The lowest BCUT2D eigenvalue weighted by Crippen LogP contribution is -2.44. The van der Waals surface area contributed by atoms with Gasteiger partial charge >= 0.3 is 0 Å². The molecule has 9 heteroatoms. The molecule has 0 saturated heterocycles. The fraction of sp³-hybridized carbons (Fsp3) is 0.211. The van der Waals surface area contributed by atoms with Crippen molar-refractivity contribution in [3.63, 3.8) is 0 Å². The van der Waals surface area contributed by atoms with Crippen LogP contribution in [0.2, 0.25) is 0 Å². The summed E-state index contributed by atoms with van der Waals surface area (Å²) in [7, 11) is 1.60. The van der Waals surface area contributed by atoms with Crippen molar-refractivity contribution in [3.8, 4) is 5.75 Å². The number of carbonyl (C=O) groups is 2. The van der Waals surface area contributed by atoms with E-state index in [4.69, 9.17) is 9.15 Å². The summed E-state index contributed by atoms with van der Waals surface area (Å²) in [6.07, 6.45) is 1.53. The Kier molecular flexibility index (Phi) is 6.28. The van der Waals surface area contributed by atoms with Crippen LogP contribution in [0.25, 0.3) is 0 Å². The average molecular weight is 400 g/mol. The second-order valence-electron chi connectivity index (χ2n) is 5.88. The number of carbonyl (C=O) groups excluding carboxylic acids is 2. The molecular formula is C19H20N4O4S. The van der Waals surface area contributed by atoms with Crippen LogP contribution in [0.4, 0.5) is 10.8 Å². The number of aromatic nitrogens is 1.